The molecule has 0 spiro atoms. The van der Waals surface area contributed by atoms with Crippen LogP contribution in [0.4, 0.5) is 0 Å². The average molecular weight is 344 g/mol. The zero-order valence-corrected chi connectivity index (χ0v) is 14.9. The Labute approximate surface area is 147 Å². The molecule has 25 heavy (non-hydrogen) atoms. The summed E-state index contributed by atoms with van der Waals surface area (Å²) < 4.78 is 12.5. The van der Waals surface area contributed by atoms with Gasteiger partial charge in [0.2, 0.25) is 0 Å². The van der Waals surface area contributed by atoms with Gasteiger partial charge in [-0.15, -0.1) is 0 Å². The van der Waals surface area contributed by atoms with Crippen LogP contribution in [0.1, 0.15) is 49.8 Å². The van der Waals surface area contributed by atoms with Crippen molar-refractivity contribution in [2.24, 2.45) is 0 Å². The van der Waals surface area contributed by atoms with Crippen LogP contribution in [0.15, 0.2) is 36.4 Å². The summed E-state index contributed by atoms with van der Waals surface area (Å²) in [5, 5.41) is 4.38. The van der Waals surface area contributed by atoms with Crippen molar-refractivity contribution in [3.8, 4) is 5.75 Å². The molecule has 2 aromatic rings. The highest BCUT2D eigenvalue weighted by Gasteiger charge is 2.16. The van der Waals surface area contributed by atoms with Gasteiger partial charge >= 0.3 is 5.97 Å². The van der Waals surface area contributed by atoms with E-state index in [1.807, 2.05) is 51.1 Å². The third kappa shape index (κ3) is 6.41. The minimum Gasteiger partial charge on any atom is -0.487 e. The standard InChI is InChI=1S/C19H24N2O4/c1-19(2,3)25-18(23)10-7-11-21-16(13-22)12-15(20-21)14-24-17-8-5-4-6-9-17/h4-6,8-9,12-13H,7,10-11,14H2,1-3H3. The maximum atomic E-state index is 11.7. The summed E-state index contributed by atoms with van der Waals surface area (Å²) in [5.41, 5.74) is 0.651. The van der Waals surface area contributed by atoms with E-state index in [0.29, 0.717) is 24.4 Å². The van der Waals surface area contributed by atoms with Crippen molar-refractivity contribution in [1.82, 2.24) is 9.78 Å². The number of ether oxygens (including phenoxy) is 2. The molecule has 0 radical (unpaired) electrons. The number of hydrogen-bond acceptors (Lipinski definition) is 5. The van der Waals surface area contributed by atoms with Crippen LogP contribution in [-0.4, -0.2) is 27.6 Å². The summed E-state index contributed by atoms with van der Waals surface area (Å²) in [6.45, 7) is 6.26. The number of rotatable bonds is 8. The van der Waals surface area contributed by atoms with Crippen molar-refractivity contribution in [3.63, 3.8) is 0 Å². The van der Waals surface area contributed by atoms with E-state index in [1.54, 1.807) is 10.7 Å². The molecule has 1 heterocycles. The molecule has 6 heteroatoms. The van der Waals surface area contributed by atoms with Crippen LogP contribution in [0, 0.1) is 0 Å². The van der Waals surface area contributed by atoms with Crippen LogP contribution in [0.2, 0.25) is 0 Å². The number of nitrogens with zero attached hydrogens (tertiary/aromatic N) is 2. The number of aldehydes is 1. The Morgan fingerprint density at radius 1 is 1.24 bits per heavy atom. The predicted molar refractivity (Wildman–Crippen MR) is 93.5 cm³/mol. The van der Waals surface area contributed by atoms with Crippen LogP contribution in [-0.2, 0) is 22.7 Å². The molecule has 1 aromatic heterocycles. The second-order valence-electron chi connectivity index (χ2n) is 6.69. The molecule has 0 N–H and O–H groups in total. The molecule has 1 aromatic carbocycles. The van der Waals surface area contributed by atoms with Crippen LogP contribution in [0.25, 0.3) is 0 Å². The molecule has 0 bridgehead atoms. The average Bonchev–Trinajstić information content (AvgIpc) is 2.94. The van der Waals surface area contributed by atoms with Gasteiger partial charge in [-0.3, -0.25) is 14.3 Å². The fourth-order valence-electron chi connectivity index (χ4n) is 2.27. The Bertz CT molecular complexity index is 702. The Kier molecular flexibility index (Phi) is 6.33. The Balaban J connectivity index is 1.87. The van der Waals surface area contributed by atoms with Crippen molar-refractivity contribution < 1.29 is 19.1 Å². The molecule has 0 saturated carbocycles. The third-order valence-electron chi connectivity index (χ3n) is 3.28. The number of para-hydroxylation sites is 1. The highest BCUT2D eigenvalue weighted by molar-refractivity contribution is 5.72. The van der Waals surface area contributed by atoms with E-state index in [1.165, 1.54) is 0 Å². The van der Waals surface area contributed by atoms with Gasteiger partial charge in [-0.2, -0.15) is 5.10 Å². The Morgan fingerprint density at radius 2 is 1.96 bits per heavy atom. The van der Waals surface area contributed by atoms with Crippen molar-refractivity contribution >= 4 is 12.3 Å². The molecule has 6 nitrogen and oxygen atoms in total. The molecule has 0 aliphatic rings. The summed E-state index contributed by atoms with van der Waals surface area (Å²) >= 11 is 0. The number of carbonyl (C=O) groups is 2. The number of aromatic nitrogens is 2. The predicted octanol–water partition coefficient (Wildman–Crippen LogP) is 3.40. The van der Waals surface area contributed by atoms with E-state index in [-0.39, 0.29) is 19.0 Å². The first-order valence-corrected chi connectivity index (χ1v) is 8.29. The first-order valence-electron chi connectivity index (χ1n) is 8.29. The van der Waals surface area contributed by atoms with Crippen LogP contribution >= 0.6 is 0 Å². The van der Waals surface area contributed by atoms with Gasteiger partial charge < -0.3 is 9.47 Å². The van der Waals surface area contributed by atoms with E-state index >= 15 is 0 Å². The minimum absolute atomic E-state index is 0.250. The van der Waals surface area contributed by atoms with Crippen LogP contribution < -0.4 is 4.74 Å². The van der Waals surface area contributed by atoms with Gasteiger partial charge in [0, 0.05) is 13.0 Å². The highest BCUT2D eigenvalue weighted by Crippen LogP contribution is 2.13. The molecule has 134 valence electrons. The molecule has 2 rings (SSSR count). The number of esters is 1. The zero-order chi connectivity index (χ0) is 18.3. The molecule has 0 aliphatic heterocycles. The van der Waals surface area contributed by atoms with Gasteiger partial charge in [-0.1, -0.05) is 18.2 Å². The monoisotopic (exact) mass is 344 g/mol. The minimum atomic E-state index is -0.487. The second kappa shape index (κ2) is 8.46. The van der Waals surface area contributed by atoms with E-state index in [0.717, 1.165) is 12.0 Å². The Hall–Kier alpha value is -2.63. The second-order valence-corrected chi connectivity index (χ2v) is 6.69. The van der Waals surface area contributed by atoms with E-state index in [2.05, 4.69) is 5.10 Å². The van der Waals surface area contributed by atoms with Gasteiger partial charge in [0.1, 0.15) is 29.3 Å². The van der Waals surface area contributed by atoms with Gasteiger partial charge in [0.25, 0.3) is 0 Å². The number of carbonyl (C=O) groups excluding carboxylic acids is 2. The summed E-state index contributed by atoms with van der Waals surface area (Å²) in [6, 6.07) is 11.1. The quantitative estimate of drug-likeness (QED) is 0.542. The van der Waals surface area contributed by atoms with Crippen molar-refractivity contribution in [3.05, 3.63) is 47.8 Å². The molecule has 0 aliphatic carbocycles. The molecular weight excluding hydrogens is 320 g/mol. The molecule has 0 fully saturated rings. The van der Waals surface area contributed by atoms with Crippen molar-refractivity contribution in [1.29, 1.82) is 0 Å². The first kappa shape index (κ1) is 18.7. The Morgan fingerprint density at radius 3 is 2.60 bits per heavy atom. The highest BCUT2D eigenvalue weighted by atomic mass is 16.6. The fraction of sp³-hybridized carbons (Fsp3) is 0.421. The lowest BCUT2D eigenvalue weighted by atomic mass is 10.2. The molecule has 0 saturated heterocycles. The van der Waals surface area contributed by atoms with Crippen molar-refractivity contribution in [2.75, 3.05) is 0 Å². The molecule has 0 unspecified atom stereocenters. The summed E-state index contributed by atoms with van der Waals surface area (Å²) in [5.74, 6) is 0.495. The number of hydrogen-bond donors (Lipinski definition) is 0. The van der Waals surface area contributed by atoms with E-state index in [9.17, 15) is 9.59 Å². The van der Waals surface area contributed by atoms with Crippen LogP contribution in [0.3, 0.4) is 0 Å². The molecule has 0 atom stereocenters. The maximum Gasteiger partial charge on any atom is 0.306 e. The zero-order valence-electron chi connectivity index (χ0n) is 14.9. The lowest BCUT2D eigenvalue weighted by Crippen LogP contribution is -2.24. The maximum absolute atomic E-state index is 11.7. The molecule has 0 amide bonds. The summed E-state index contributed by atoms with van der Waals surface area (Å²) in [6.07, 6.45) is 1.59. The first-order chi connectivity index (χ1) is 11.9. The number of benzene rings is 1. The van der Waals surface area contributed by atoms with E-state index < -0.39 is 5.60 Å². The van der Waals surface area contributed by atoms with Gasteiger partial charge in [0.15, 0.2) is 6.29 Å². The third-order valence-corrected chi connectivity index (χ3v) is 3.28. The lowest BCUT2D eigenvalue weighted by molar-refractivity contribution is -0.154. The fourth-order valence-corrected chi connectivity index (χ4v) is 2.27. The largest absolute Gasteiger partial charge is 0.487 e. The summed E-state index contributed by atoms with van der Waals surface area (Å²) in [7, 11) is 0. The van der Waals surface area contributed by atoms with Gasteiger partial charge in [-0.25, -0.2) is 0 Å². The van der Waals surface area contributed by atoms with Gasteiger partial charge in [0.05, 0.1) is 0 Å². The number of aryl methyl sites for hydroxylation is 1. The normalized spacial score (nSPS) is 11.2. The lowest BCUT2D eigenvalue weighted by Gasteiger charge is -2.19. The summed E-state index contributed by atoms with van der Waals surface area (Å²) in [4.78, 5) is 22.9. The molecular formula is C19H24N2O4. The smallest absolute Gasteiger partial charge is 0.306 e. The van der Waals surface area contributed by atoms with Crippen molar-refractivity contribution in [2.45, 2.75) is 52.4 Å². The van der Waals surface area contributed by atoms with E-state index in [4.69, 9.17) is 9.47 Å². The van der Waals surface area contributed by atoms with Crippen LogP contribution in [0.5, 0.6) is 5.75 Å². The topological polar surface area (TPSA) is 70.4 Å². The van der Waals surface area contributed by atoms with Gasteiger partial charge in [-0.05, 0) is 45.4 Å². The SMILES string of the molecule is CC(C)(C)OC(=O)CCCn1nc(COc2ccccc2)cc1C=O.